The molecule has 2 fully saturated rings. The summed E-state index contributed by atoms with van der Waals surface area (Å²) in [5.41, 5.74) is 3.40. The number of benzene rings is 1. The first-order valence-corrected chi connectivity index (χ1v) is 10.6. The van der Waals surface area contributed by atoms with E-state index < -0.39 is 0 Å². The molecule has 1 aliphatic heterocycles. The molecular formula is C23H30N4O2. The molecule has 2 heterocycles. The lowest BCUT2D eigenvalue weighted by molar-refractivity contribution is -0.138. The fourth-order valence-corrected chi connectivity index (χ4v) is 4.19. The van der Waals surface area contributed by atoms with E-state index in [0.717, 1.165) is 68.5 Å². The Balaban J connectivity index is 1.51. The molecule has 4 rings (SSSR count). The Bertz CT molecular complexity index is 869. The number of amides is 1. The summed E-state index contributed by atoms with van der Waals surface area (Å²) in [6, 6.07) is 8.17. The second-order valence-corrected chi connectivity index (χ2v) is 8.12. The summed E-state index contributed by atoms with van der Waals surface area (Å²) in [7, 11) is 1.68. The van der Waals surface area contributed by atoms with Gasteiger partial charge in [-0.05, 0) is 44.4 Å². The largest absolute Gasteiger partial charge is 0.497 e. The van der Waals surface area contributed by atoms with Crippen LogP contribution in [0.1, 0.15) is 41.9 Å². The summed E-state index contributed by atoms with van der Waals surface area (Å²) < 4.78 is 5.27. The number of nitrogens with zero attached hydrogens (tertiary/aromatic N) is 4. The first-order valence-electron chi connectivity index (χ1n) is 10.6. The van der Waals surface area contributed by atoms with Crippen molar-refractivity contribution in [2.24, 2.45) is 5.92 Å². The van der Waals surface area contributed by atoms with Crippen molar-refractivity contribution >= 4 is 11.7 Å². The molecule has 0 radical (unpaired) electrons. The van der Waals surface area contributed by atoms with Crippen LogP contribution in [0.4, 0.5) is 5.82 Å². The number of carbonyl (C=O) groups is 1. The van der Waals surface area contributed by atoms with E-state index in [1.54, 1.807) is 7.11 Å². The highest BCUT2D eigenvalue weighted by Crippen LogP contribution is 2.30. The smallest absolute Gasteiger partial charge is 0.225 e. The predicted octanol–water partition coefficient (Wildman–Crippen LogP) is 3.14. The van der Waals surface area contributed by atoms with E-state index in [-0.39, 0.29) is 5.92 Å². The minimum absolute atomic E-state index is 0.274. The topological polar surface area (TPSA) is 58.6 Å². The van der Waals surface area contributed by atoms with E-state index in [0.29, 0.717) is 5.91 Å². The fourth-order valence-electron chi connectivity index (χ4n) is 4.19. The van der Waals surface area contributed by atoms with Gasteiger partial charge in [0, 0.05) is 49.8 Å². The number of aryl methyl sites for hydroxylation is 2. The van der Waals surface area contributed by atoms with Crippen molar-refractivity contribution in [2.45, 2.75) is 39.5 Å². The molecule has 6 heteroatoms. The number of hydrogen-bond acceptors (Lipinski definition) is 5. The normalized spacial score (nSPS) is 17.2. The Morgan fingerprint density at radius 3 is 2.34 bits per heavy atom. The maximum atomic E-state index is 12.6. The van der Waals surface area contributed by atoms with Crippen LogP contribution in [0.25, 0.3) is 0 Å². The van der Waals surface area contributed by atoms with Gasteiger partial charge in [-0.1, -0.05) is 18.6 Å². The molecule has 1 saturated heterocycles. The Morgan fingerprint density at radius 2 is 1.76 bits per heavy atom. The molecular weight excluding hydrogens is 364 g/mol. The number of carbonyl (C=O) groups excluding carboxylic acids is 1. The van der Waals surface area contributed by atoms with Gasteiger partial charge in [0.1, 0.15) is 17.4 Å². The molecule has 0 unspecified atom stereocenters. The molecule has 1 aromatic heterocycles. The highest BCUT2D eigenvalue weighted by molar-refractivity contribution is 5.80. The number of piperazine rings is 1. The van der Waals surface area contributed by atoms with Crippen LogP contribution < -0.4 is 9.64 Å². The van der Waals surface area contributed by atoms with Crippen molar-refractivity contribution in [3.05, 3.63) is 46.9 Å². The van der Waals surface area contributed by atoms with Crippen molar-refractivity contribution in [1.29, 1.82) is 0 Å². The van der Waals surface area contributed by atoms with Gasteiger partial charge in [-0.15, -0.1) is 0 Å². The molecule has 154 valence electrons. The van der Waals surface area contributed by atoms with E-state index in [4.69, 9.17) is 9.72 Å². The van der Waals surface area contributed by atoms with Crippen molar-refractivity contribution < 1.29 is 9.53 Å². The molecule has 0 bridgehead atoms. The molecule has 0 spiro atoms. The molecule has 1 saturated carbocycles. The Labute approximate surface area is 172 Å². The van der Waals surface area contributed by atoms with Gasteiger partial charge >= 0.3 is 0 Å². The number of hydrogen-bond donors (Lipinski definition) is 0. The van der Waals surface area contributed by atoms with Crippen LogP contribution >= 0.6 is 0 Å². The van der Waals surface area contributed by atoms with Crippen LogP contribution in [0.5, 0.6) is 5.75 Å². The minimum atomic E-state index is 0.274. The molecule has 6 nitrogen and oxygen atoms in total. The van der Waals surface area contributed by atoms with Crippen LogP contribution in [0, 0.1) is 19.8 Å². The SMILES string of the molecule is COc1ccc(Cc2c(C)nc(C)nc2N2CCN(C(=O)C3CCC3)CC2)cc1. The quantitative estimate of drug-likeness (QED) is 0.780. The molecule has 1 aromatic carbocycles. The zero-order chi connectivity index (χ0) is 20.4. The van der Waals surface area contributed by atoms with Gasteiger partial charge in [0.15, 0.2) is 0 Å². The lowest BCUT2D eigenvalue weighted by atomic mass is 9.84. The second-order valence-electron chi connectivity index (χ2n) is 8.12. The third-order valence-electron chi connectivity index (χ3n) is 6.19. The summed E-state index contributed by atoms with van der Waals surface area (Å²) in [6.07, 6.45) is 4.11. The van der Waals surface area contributed by atoms with Gasteiger partial charge < -0.3 is 14.5 Å². The molecule has 1 amide bonds. The number of rotatable bonds is 5. The lowest BCUT2D eigenvalue weighted by Crippen LogP contribution is -2.51. The lowest BCUT2D eigenvalue weighted by Gasteiger charge is -2.39. The average Bonchev–Trinajstić information content (AvgIpc) is 2.69. The highest BCUT2D eigenvalue weighted by atomic mass is 16.5. The van der Waals surface area contributed by atoms with Gasteiger partial charge in [0.25, 0.3) is 0 Å². The van der Waals surface area contributed by atoms with Crippen LogP contribution in [-0.4, -0.2) is 54.1 Å². The van der Waals surface area contributed by atoms with Crippen molar-refractivity contribution in [2.75, 3.05) is 38.2 Å². The maximum Gasteiger partial charge on any atom is 0.225 e. The molecule has 1 aliphatic carbocycles. The molecule has 0 N–H and O–H groups in total. The average molecular weight is 395 g/mol. The molecule has 2 aromatic rings. The Kier molecular flexibility index (Phi) is 5.69. The van der Waals surface area contributed by atoms with E-state index in [1.165, 1.54) is 17.5 Å². The molecule has 29 heavy (non-hydrogen) atoms. The van der Waals surface area contributed by atoms with E-state index in [2.05, 4.69) is 28.9 Å². The highest BCUT2D eigenvalue weighted by Gasteiger charge is 2.32. The van der Waals surface area contributed by atoms with E-state index in [1.807, 2.05) is 24.0 Å². The van der Waals surface area contributed by atoms with E-state index >= 15 is 0 Å². The predicted molar refractivity (Wildman–Crippen MR) is 113 cm³/mol. The summed E-state index contributed by atoms with van der Waals surface area (Å²) in [5.74, 6) is 3.30. The first-order chi connectivity index (χ1) is 14.0. The summed E-state index contributed by atoms with van der Waals surface area (Å²) in [4.78, 5) is 26.4. The van der Waals surface area contributed by atoms with Gasteiger partial charge in [-0.25, -0.2) is 9.97 Å². The van der Waals surface area contributed by atoms with Crippen LogP contribution in [-0.2, 0) is 11.2 Å². The Morgan fingerprint density at radius 1 is 1.07 bits per heavy atom. The van der Waals surface area contributed by atoms with Gasteiger partial charge in [0.05, 0.1) is 7.11 Å². The third-order valence-corrected chi connectivity index (χ3v) is 6.19. The number of anilines is 1. The summed E-state index contributed by atoms with van der Waals surface area (Å²) in [6.45, 7) is 7.21. The zero-order valence-corrected chi connectivity index (χ0v) is 17.6. The van der Waals surface area contributed by atoms with Crippen LogP contribution in [0.2, 0.25) is 0 Å². The monoisotopic (exact) mass is 394 g/mol. The zero-order valence-electron chi connectivity index (χ0n) is 17.6. The second kappa shape index (κ2) is 8.39. The standard InChI is InChI=1S/C23H30N4O2/c1-16-21(15-18-7-9-20(29-3)10-8-18)22(25-17(2)24-16)26-11-13-27(14-12-26)23(28)19-5-4-6-19/h7-10,19H,4-6,11-15H2,1-3H3. The number of aromatic nitrogens is 2. The van der Waals surface area contributed by atoms with Crippen LogP contribution in [0.3, 0.4) is 0 Å². The summed E-state index contributed by atoms with van der Waals surface area (Å²) >= 11 is 0. The first kappa shape index (κ1) is 19.7. The van der Waals surface area contributed by atoms with Gasteiger partial charge in [-0.3, -0.25) is 4.79 Å². The fraction of sp³-hybridized carbons (Fsp3) is 0.522. The maximum absolute atomic E-state index is 12.6. The van der Waals surface area contributed by atoms with Crippen LogP contribution in [0.15, 0.2) is 24.3 Å². The van der Waals surface area contributed by atoms with Gasteiger partial charge in [-0.2, -0.15) is 0 Å². The number of ether oxygens (including phenoxy) is 1. The number of methoxy groups -OCH3 is 1. The Hall–Kier alpha value is -2.63. The van der Waals surface area contributed by atoms with Gasteiger partial charge in [0.2, 0.25) is 5.91 Å². The summed E-state index contributed by atoms with van der Waals surface area (Å²) in [5, 5.41) is 0. The third kappa shape index (κ3) is 4.21. The van der Waals surface area contributed by atoms with E-state index in [9.17, 15) is 4.79 Å². The minimum Gasteiger partial charge on any atom is -0.497 e. The molecule has 2 aliphatic rings. The molecule has 0 atom stereocenters. The van der Waals surface area contributed by atoms with Crippen molar-refractivity contribution in [3.63, 3.8) is 0 Å². The van der Waals surface area contributed by atoms with Crippen molar-refractivity contribution in [1.82, 2.24) is 14.9 Å². The van der Waals surface area contributed by atoms with Crippen molar-refractivity contribution in [3.8, 4) is 5.75 Å².